The summed E-state index contributed by atoms with van der Waals surface area (Å²) in [5.41, 5.74) is 1.85. The fourth-order valence-corrected chi connectivity index (χ4v) is 4.66. The Labute approximate surface area is 247 Å². The van der Waals surface area contributed by atoms with E-state index in [1.54, 1.807) is 36.4 Å². The molecule has 4 atom stereocenters. The number of benzene rings is 2. The average Bonchev–Trinajstić information content (AvgIpc) is 3.36. The molecule has 10 heteroatoms. The molecule has 2 aromatic carbocycles. The summed E-state index contributed by atoms with van der Waals surface area (Å²) >= 11 is 0. The Balaban J connectivity index is 2.10. The zero-order valence-electron chi connectivity index (χ0n) is 25.8. The second-order valence-corrected chi connectivity index (χ2v) is 10.9. The van der Waals surface area contributed by atoms with Gasteiger partial charge in [-0.3, -0.25) is 9.59 Å². The zero-order chi connectivity index (χ0) is 31.1. The second kappa shape index (κ2) is 14.1. The van der Waals surface area contributed by atoms with E-state index in [1.807, 2.05) is 34.6 Å². The van der Waals surface area contributed by atoms with Crippen molar-refractivity contribution >= 4 is 23.9 Å². The van der Waals surface area contributed by atoms with Crippen LogP contribution in [0.1, 0.15) is 63.3 Å². The van der Waals surface area contributed by atoms with Gasteiger partial charge in [0.25, 0.3) is 0 Å². The molecular formula is C32H42N2O8. The van der Waals surface area contributed by atoms with E-state index < -0.39 is 29.9 Å². The van der Waals surface area contributed by atoms with Gasteiger partial charge >= 0.3 is 5.97 Å². The molecule has 0 fully saturated rings. The van der Waals surface area contributed by atoms with E-state index >= 15 is 0 Å². The minimum Gasteiger partial charge on any atom is -0.493 e. The van der Waals surface area contributed by atoms with Gasteiger partial charge in [-0.15, -0.1) is 0 Å². The number of rotatable bonds is 12. The lowest BCUT2D eigenvalue weighted by molar-refractivity contribution is -0.146. The number of carbonyl (C=O) groups excluding carboxylic acids is 3. The van der Waals surface area contributed by atoms with Crippen molar-refractivity contribution in [3.05, 3.63) is 53.1 Å². The van der Waals surface area contributed by atoms with Gasteiger partial charge in [-0.25, -0.2) is 4.79 Å². The summed E-state index contributed by atoms with van der Waals surface area (Å²) in [6.45, 7) is 9.66. The van der Waals surface area contributed by atoms with E-state index in [2.05, 4.69) is 10.6 Å². The van der Waals surface area contributed by atoms with Crippen molar-refractivity contribution in [1.29, 1.82) is 0 Å². The first kappa shape index (κ1) is 32.3. The van der Waals surface area contributed by atoms with E-state index in [4.69, 9.17) is 23.7 Å². The van der Waals surface area contributed by atoms with E-state index in [-0.39, 0.29) is 23.8 Å². The monoisotopic (exact) mass is 582 g/mol. The SMILES string of the molecule is COC(=O)C(NC(=O)C1c2cc(C=CC(=O)NC(C)C(C)C)cc(OC)c2OC1c1ccc(OC)c(OC)c1)C(C)C. The number of ether oxygens (including phenoxy) is 5. The molecule has 42 heavy (non-hydrogen) atoms. The molecule has 0 aliphatic carbocycles. The van der Waals surface area contributed by atoms with Crippen molar-refractivity contribution in [2.75, 3.05) is 28.4 Å². The summed E-state index contributed by atoms with van der Waals surface area (Å²) in [6, 6.07) is 7.96. The van der Waals surface area contributed by atoms with Gasteiger partial charge in [-0.2, -0.15) is 0 Å². The largest absolute Gasteiger partial charge is 0.493 e. The highest BCUT2D eigenvalue weighted by molar-refractivity contribution is 5.93. The maximum Gasteiger partial charge on any atom is 0.328 e. The summed E-state index contributed by atoms with van der Waals surface area (Å²) in [6.07, 6.45) is 2.33. The summed E-state index contributed by atoms with van der Waals surface area (Å²) < 4.78 is 27.9. The van der Waals surface area contributed by atoms with Crippen molar-refractivity contribution in [3.63, 3.8) is 0 Å². The molecule has 0 bridgehead atoms. The normalized spacial score (nSPS) is 17.3. The van der Waals surface area contributed by atoms with Gasteiger partial charge < -0.3 is 34.3 Å². The van der Waals surface area contributed by atoms with Crippen molar-refractivity contribution in [1.82, 2.24) is 10.6 Å². The Kier molecular flexibility index (Phi) is 10.9. The van der Waals surface area contributed by atoms with Crippen molar-refractivity contribution < 1.29 is 38.1 Å². The number of methoxy groups -OCH3 is 4. The smallest absolute Gasteiger partial charge is 0.328 e. The summed E-state index contributed by atoms with van der Waals surface area (Å²) in [5, 5.41) is 5.81. The maximum atomic E-state index is 14.0. The van der Waals surface area contributed by atoms with Crippen LogP contribution >= 0.6 is 0 Å². The Hall–Kier alpha value is -4.21. The van der Waals surface area contributed by atoms with Crippen LogP contribution in [0.3, 0.4) is 0 Å². The lowest BCUT2D eigenvalue weighted by atomic mass is 9.88. The molecule has 1 aliphatic heterocycles. The number of nitrogens with one attached hydrogen (secondary N) is 2. The van der Waals surface area contributed by atoms with E-state index in [0.29, 0.717) is 39.7 Å². The van der Waals surface area contributed by atoms with Crippen LogP contribution in [0.5, 0.6) is 23.0 Å². The summed E-state index contributed by atoms with van der Waals surface area (Å²) in [4.78, 5) is 39.0. The third-order valence-electron chi connectivity index (χ3n) is 7.44. The number of hydrogen-bond acceptors (Lipinski definition) is 8. The van der Waals surface area contributed by atoms with Crippen molar-refractivity contribution in [2.24, 2.45) is 11.8 Å². The van der Waals surface area contributed by atoms with Crippen LogP contribution in [0.4, 0.5) is 0 Å². The molecule has 10 nitrogen and oxygen atoms in total. The molecule has 0 radical (unpaired) electrons. The van der Waals surface area contributed by atoms with Crippen LogP contribution in [0.2, 0.25) is 0 Å². The van der Waals surface area contributed by atoms with Gasteiger partial charge in [0.15, 0.2) is 23.0 Å². The minimum atomic E-state index is -0.874. The highest BCUT2D eigenvalue weighted by Crippen LogP contribution is 2.52. The number of fused-ring (bicyclic) bond motifs is 1. The van der Waals surface area contributed by atoms with Gasteiger partial charge in [0.05, 0.1) is 28.4 Å². The van der Waals surface area contributed by atoms with Crippen LogP contribution in [0, 0.1) is 11.8 Å². The van der Waals surface area contributed by atoms with Crippen LogP contribution < -0.4 is 29.6 Å². The molecule has 2 N–H and O–H groups in total. The van der Waals surface area contributed by atoms with E-state index in [9.17, 15) is 14.4 Å². The third kappa shape index (κ3) is 7.16. The molecule has 1 aliphatic rings. The van der Waals surface area contributed by atoms with Crippen molar-refractivity contribution in [3.8, 4) is 23.0 Å². The lowest BCUT2D eigenvalue weighted by Gasteiger charge is -2.24. The number of amides is 2. The quantitative estimate of drug-likeness (QED) is 0.279. The molecule has 0 saturated carbocycles. The highest BCUT2D eigenvalue weighted by Gasteiger charge is 2.44. The van der Waals surface area contributed by atoms with Gasteiger partial charge in [0, 0.05) is 17.7 Å². The molecule has 0 saturated heterocycles. The van der Waals surface area contributed by atoms with Crippen LogP contribution in [0.15, 0.2) is 36.4 Å². The molecule has 228 valence electrons. The molecule has 2 aromatic rings. The number of hydrogen-bond donors (Lipinski definition) is 2. The average molecular weight is 583 g/mol. The fraction of sp³-hybridized carbons (Fsp3) is 0.469. The van der Waals surface area contributed by atoms with Gasteiger partial charge in [0.1, 0.15) is 18.1 Å². The van der Waals surface area contributed by atoms with Gasteiger partial charge in [-0.1, -0.05) is 33.8 Å². The molecular weight excluding hydrogens is 540 g/mol. The Morgan fingerprint density at radius 3 is 2.07 bits per heavy atom. The van der Waals surface area contributed by atoms with Crippen LogP contribution in [-0.4, -0.2) is 58.3 Å². The first-order chi connectivity index (χ1) is 19.9. The molecule has 0 aromatic heterocycles. The molecule has 0 spiro atoms. The lowest BCUT2D eigenvalue weighted by Crippen LogP contribution is -2.47. The second-order valence-electron chi connectivity index (χ2n) is 10.9. The minimum absolute atomic E-state index is 0.00384. The molecule has 3 rings (SSSR count). The first-order valence-electron chi connectivity index (χ1n) is 13.9. The van der Waals surface area contributed by atoms with E-state index in [0.717, 1.165) is 0 Å². The Bertz CT molecular complexity index is 1320. The highest BCUT2D eigenvalue weighted by atomic mass is 16.5. The predicted octanol–water partition coefficient (Wildman–Crippen LogP) is 4.42. The zero-order valence-corrected chi connectivity index (χ0v) is 25.8. The molecule has 4 unspecified atom stereocenters. The Morgan fingerprint density at radius 1 is 0.833 bits per heavy atom. The van der Waals surface area contributed by atoms with Gasteiger partial charge in [-0.05, 0) is 60.2 Å². The summed E-state index contributed by atoms with van der Waals surface area (Å²) in [5.74, 6) is -0.225. The summed E-state index contributed by atoms with van der Waals surface area (Å²) in [7, 11) is 5.86. The molecule has 1 heterocycles. The standard InChI is InChI=1S/C32H42N2O8/c1-17(2)19(5)33-26(35)13-10-20-14-22-27(31(36)34-28(18(3)4)32(37)41-9)29(42-30(22)25(15-20)40-8)21-11-12-23(38-6)24(16-21)39-7/h10-19,27-29H,1-9H3,(H,33,35)(H,34,36). The number of carbonyl (C=O) groups is 3. The molecule has 2 amide bonds. The van der Waals surface area contributed by atoms with Crippen LogP contribution in [-0.2, 0) is 19.1 Å². The van der Waals surface area contributed by atoms with E-state index in [1.165, 1.54) is 34.5 Å². The topological polar surface area (TPSA) is 121 Å². The first-order valence-corrected chi connectivity index (χ1v) is 13.9. The fourth-order valence-electron chi connectivity index (χ4n) is 4.66. The van der Waals surface area contributed by atoms with Crippen molar-refractivity contribution in [2.45, 2.75) is 58.7 Å². The number of esters is 1. The predicted molar refractivity (Wildman–Crippen MR) is 159 cm³/mol. The Morgan fingerprint density at radius 2 is 1.50 bits per heavy atom. The maximum absolute atomic E-state index is 14.0. The van der Waals surface area contributed by atoms with Gasteiger partial charge in [0.2, 0.25) is 11.8 Å². The third-order valence-corrected chi connectivity index (χ3v) is 7.44. The van der Waals surface area contributed by atoms with Crippen LogP contribution in [0.25, 0.3) is 6.08 Å².